The number of pyridine rings is 1. The molecule has 1 heterocycles. The second kappa shape index (κ2) is 5.67. The van der Waals surface area contributed by atoms with Crippen molar-refractivity contribution in [1.29, 1.82) is 0 Å². The van der Waals surface area contributed by atoms with Crippen molar-refractivity contribution < 1.29 is 4.74 Å². The third-order valence-corrected chi connectivity index (χ3v) is 2.00. The Bertz CT molecular complexity index is 220. The van der Waals surface area contributed by atoms with Crippen LogP contribution >= 0.6 is 0 Å². The predicted molar refractivity (Wildman–Crippen MR) is 52.8 cm³/mol. The average molecular weight is 180 g/mol. The molecule has 1 atom stereocenters. The standard InChI is InChI=1S/C10H16N2O/c1-11-7-10(8-13-2)9-3-5-12-6-4-9/h3-6,10-11H,7-8H2,1-2H3. The van der Waals surface area contributed by atoms with Gasteiger partial charge in [0, 0.05) is 32.0 Å². The number of ether oxygens (including phenoxy) is 1. The first kappa shape index (κ1) is 10.2. The Morgan fingerprint density at radius 1 is 1.46 bits per heavy atom. The molecule has 0 spiro atoms. The molecule has 0 aliphatic heterocycles. The van der Waals surface area contributed by atoms with Crippen LogP contribution in [0.3, 0.4) is 0 Å². The summed E-state index contributed by atoms with van der Waals surface area (Å²) >= 11 is 0. The number of hydrogen-bond acceptors (Lipinski definition) is 3. The van der Waals surface area contributed by atoms with Crippen molar-refractivity contribution in [3.8, 4) is 0 Å². The van der Waals surface area contributed by atoms with E-state index in [4.69, 9.17) is 4.74 Å². The maximum Gasteiger partial charge on any atom is 0.0543 e. The van der Waals surface area contributed by atoms with Crippen molar-refractivity contribution in [2.45, 2.75) is 5.92 Å². The van der Waals surface area contributed by atoms with Crippen LogP contribution in [0.1, 0.15) is 11.5 Å². The van der Waals surface area contributed by atoms with Crippen molar-refractivity contribution in [3.05, 3.63) is 30.1 Å². The highest BCUT2D eigenvalue weighted by atomic mass is 16.5. The first-order valence-electron chi connectivity index (χ1n) is 4.42. The normalized spacial score (nSPS) is 12.8. The van der Waals surface area contributed by atoms with Crippen LogP contribution in [0, 0.1) is 0 Å². The van der Waals surface area contributed by atoms with Gasteiger partial charge in [0.1, 0.15) is 0 Å². The van der Waals surface area contributed by atoms with E-state index in [0.717, 1.165) is 13.2 Å². The molecule has 0 aliphatic carbocycles. The zero-order valence-corrected chi connectivity index (χ0v) is 8.16. The molecule has 0 bridgehead atoms. The maximum atomic E-state index is 5.15. The van der Waals surface area contributed by atoms with Crippen LogP contribution in [-0.2, 0) is 4.74 Å². The van der Waals surface area contributed by atoms with E-state index in [1.165, 1.54) is 5.56 Å². The molecular weight excluding hydrogens is 164 g/mol. The van der Waals surface area contributed by atoms with Gasteiger partial charge in [-0.3, -0.25) is 4.98 Å². The molecule has 1 aromatic heterocycles. The minimum atomic E-state index is 0.415. The Labute approximate surface area is 79.1 Å². The quantitative estimate of drug-likeness (QED) is 0.735. The van der Waals surface area contributed by atoms with Crippen LogP contribution in [0.4, 0.5) is 0 Å². The Kier molecular flexibility index (Phi) is 4.43. The smallest absolute Gasteiger partial charge is 0.0543 e. The van der Waals surface area contributed by atoms with Gasteiger partial charge in [0.05, 0.1) is 6.61 Å². The Hall–Kier alpha value is -0.930. The topological polar surface area (TPSA) is 34.1 Å². The van der Waals surface area contributed by atoms with Crippen LogP contribution in [-0.4, -0.2) is 32.3 Å². The van der Waals surface area contributed by atoms with E-state index in [1.54, 1.807) is 7.11 Å². The first-order valence-corrected chi connectivity index (χ1v) is 4.42. The fraction of sp³-hybridized carbons (Fsp3) is 0.500. The summed E-state index contributed by atoms with van der Waals surface area (Å²) in [7, 11) is 3.67. The lowest BCUT2D eigenvalue weighted by Gasteiger charge is -2.15. The molecule has 0 saturated carbocycles. The van der Waals surface area contributed by atoms with Crippen LogP contribution in [0.25, 0.3) is 0 Å². The molecule has 0 amide bonds. The Morgan fingerprint density at radius 2 is 2.15 bits per heavy atom. The third-order valence-electron chi connectivity index (χ3n) is 2.00. The summed E-state index contributed by atoms with van der Waals surface area (Å²) in [5, 5.41) is 3.15. The molecule has 1 rings (SSSR count). The molecule has 0 fully saturated rings. The van der Waals surface area contributed by atoms with Crippen molar-refractivity contribution in [1.82, 2.24) is 10.3 Å². The van der Waals surface area contributed by atoms with Crippen molar-refractivity contribution in [3.63, 3.8) is 0 Å². The van der Waals surface area contributed by atoms with Crippen molar-refractivity contribution in [2.24, 2.45) is 0 Å². The van der Waals surface area contributed by atoms with Gasteiger partial charge < -0.3 is 10.1 Å². The molecule has 13 heavy (non-hydrogen) atoms. The number of nitrogens with zero attached hydrogens (tertiary/aromatic N) is 1. The molecule has 1 N–H and O–H groups in total. The average Bonchev–Trinajstić information content (AvgIpc) is 2.19. The van der Waals surface area contributed by atoms with Gasteiger partial charge in [0.25, 0.3) is 0 Å². The summed E-state index contributed by atoms with van der Waals surface area (Å²) in [5.41, 5.74) is 1.27. The molecular formula is C10H16N2O. The van der Waals surface area contributed by atoms with Gasteiger partial charge >= 0.3 is 0 Å². The van der Waals surface area contributed by atoms with E-state index in [0.29, 0.717) is 5.92 Å². The van der Waals surface area contributed by atoms with E-state index in [-0.39, 0.29) is 0 Å². The Morgan fingerprint density at radius 3 is 2.69 bits per heavy atom. The largest absolute Gasteiger partial charge is 0.384 e. The summed E-state index contributed by atoms with van der Waals surface area (Å²) in [6.07, 6.45) is 3.63. The highest BCUT2D eigenvalue weighted by Gasteiger charge is 2.09. The highest BCUT2D eigenvalue weighted by molar-refractivity contribution is 5.16. The number of likely N-dealkylation sites (N-methyl/N-ethyl adjacent to an activating group) is 1. The molecule has 0 aromatic carbocycles. The molecule has 0 saturated heterocycles. The van der Waals surface area contributed by atoms with Gasteiger partial charge in [-0.15, -0.1) is 0 Å². The van der Waals surface area contributed by atoms with Crippen LogP contribution in [0.2, 0.25) is 0 Å². The van der Waals surface area contributed by atoms with E-state index in [2.05, 4.69) is 10.3 Å². The van der Waals surface area contributed by atoms with E-state index in [9.17, 15) is 0 Å². The van der Waals surface area contributed by atoms with Gasteiger partial charge in [-0.1, -0.05) is 0 Å². The highest BCUT2D eigenvalue weighted by Crippen LogP contribution is 2.13. The first-order chi connectivity index (χ1) is 6.38. The van der Waals surface area contributed by atoms with Gasteiger partial charge in [0.15, 0.2) is 0 Å². The van der Waals surface area contributed by atoms with Crippen LogP contribution in [0.15, 0.2) is 24.5 Å². The van der Waals surface area contributed by atoms with Crippen LogP contribution < -0.4 is 5.32 Å². The van der Waals surface area contributed by atoms with Gasteiger partial charge in [0.2, 0.25) is 0 Å². The summed E-state index contributed by atoms with van der Waals surface area (Å²) in [4.78, 5) is 3.99. The lowest BCUT2D eigenvalue weighted by molar-refractivity contribution is 0.178. The molecule has 1 unspecified atom stereocenters. The van der Waals surface area contributed by atoms with E-state index >= 15 is 0 Å². The van der Waals surface area contributed by atoms with Gasteiger partial charge in [-0.25, -0.2) is 0 Å². The van der Waals surface area contributed by atoms with Gasteiger partial charge in [-0.05, 0) is 24.7 Å². The summed E-state index contributed by atoms with van der Waals surface area (Å²) in [6.45, 7) is 1.67. The number of aromatic nitrogens is 1. The molecule has 3 nitrogen and oxygen atoms in total. The van der Waals surface area contributed by atoms with E-state index in [1.807, 2.05) is 31.6 Å². The lowest BCUT2D eigenvalue weighted by Crippen LogP contribution is -2.20. The number of hydrogen-bond donors (Lipinski definition) is 1. The molecule has 1 aromatic rings. The summed E-state index contributed by atoms with van der Waals surface area (Å²) in [6, 6.07) is 4.06. The molecule has 72 valence electrons. The number of nitrogens with one attached hydrogen (secondary N) is 1. The van der Waals surface area contributed by atoms with Crippen molar-refractivity contribution in [2.75, 3.05) is 27.3 Å². The molecule has 3 heteroatoms. The second-order valence-corrected chi connectivity index (χ2v) is 2.99. The monoisotopic (exact) mass is 180 g/mol. The number of rotatable bonds is 5. The second-order valence-electron chi connectivity index (χ2n) is 2.99. The van der Waals surface area contributed by atoms with Crippen LogP contribution in [0.5, 0.6) is 0 Å². The molecule has 0 aliphatic rings. The Balaban J connectivity index is 2.64. The molecule has 0 radical (unpaired) electrons. The fourth-order valence-electron chi connectivity index (χ4n) is 1.36. The summed E-state index contributed by atoms with van der Waals surface area (Å²) in [5.74, 6) is 0.415. The predicted octanol–water partition coefficient (Wildman–Crippen LogP) is 1.03. The minimum Gasteiger partial charge on any atom is -0.384 e. The SMILES string of the molecule is CNCC(COC)c1ccncc1. The van der Waals surface area contributed by atoms with E-state index < -0.39 is 0 Å². The zero-order chi connectivity index (χ0) is 9.52. The maximum absolute atomic E-state index is 5.15. The fourth-order valence-corrected chi connectivity index (χ4v) is 1.36. The van der Waals surface area contributed by atoms with Crippen molar-refractivity contribution >= 4 is 0 Å². The minimum absolute atomic E-state index is 0.415. The third kappa shape index (κ3) is 3.13. The zero-order valence-electron chi connectivity index (χ0n) is 8.16. The lowest BCUT2D eigenvalue weighted by atomic mass is 10.0. The summed E-state index contributed by atoms with van der Waals surface area (Å²) < 4.78 is 5.15. The van der Waals surface area contributed by atoms with Gasteiger partial charge in [-0.2, -0.15) is 0 Å². The number of methoxy groups -OCH3 is 1.